The molecule has 1 N–H and O–H groups in total. The van der Waals surface area contributed by atoms with Crippen molar-refractivity contribution in [2.45, 2.75) is 26.4 Å². The predicted octanol–water partition coefficient (Wildman–Crippen LogP) is 1.80. The van der Waals surface area contributed by atoms with Gasteiger partial charge in [0.15, 0.2) is 0 Å². The summed E-state index contributed by atoms with van der Waals surface area (Å²) in [6, 6.07) is 7.31. The first-order chi connectivity index (χ1) is 10.8. The molecular formula is C15H22N4O3S. The first-order valence-corrected chi connectivity index (χ1v) is 9.03. The molecule has 1 heterocycles. The largest absolute Gasteiger partial charge is 0.337 e. The van der Waals surface area contributed by atoms with Gasteiger partial charge in [-0.2, -0.15) is 4.98 Å². The van der Waals surface area contributed by atoms with Crippen LogP contribution in [-0.2, 0) is 16.6 Å². The lowest BCUT2D eigenvalue weighted by molar-refractivity contribution is 0.354. The van der Waals surface area contributed by atoms with Gasteiger partial charge in [0.25, 0.3) is 0 Å². The molecular weight excluding hydrogens is 316 g/mol. The van der Waals surface area contributed by atoms with E-state index in [4.69, 9.17) is 4.52 Å². The summed E-state index contributed by atoms with van der Waals surface area (Å²) < 4.78 is 30.8. The number of sulfonamides is 1. The Kier molecular flexibility index (Phi) is 5.51. The standard InChI is InChI=1S/C15H22N4O3S/c1-5-23(20,21)18-11(2)15-16-14(17-22-15)13-8-6-12(7-9-13)10-19(3)4/h6-9,11,18H,5,10H2,1-4H3. The number of hydrogen-bond acceptors (Lipinski definition) is 6. The van der Waals surface area contributed by atoms with Crippen molar-refractivity contribution in [1.29, 1.82) is 0 Å². The third-order valence-corrected chi connectivity index (χ3v) is 4.73. The smallest absolute Gasteiger partial charge is 0.244 e. The molecule has 7 nitrogen and oxygen atoms in total. The normalized spacial score (nSPS) is 13.4. The molecule has 0 spiro atoms. The lowest BCUT2D eigenvalue weighted by Crippen LogP contribution is -2.28. The first-order valence-electron chi connectivity index (χ1n) is 7.38. The van der Waals surface area contributed by atoms with E-state index < -0.39 is 16.1 Å². The van der Waals surface area contributed by atoms with Gasteiger partial charge in [0.1, 0.15) is 0 Å². The Labute approximate surface area is 136 Å². The van der Waals surface area contributed by atoms with E-state index in [0.717, 1.165) is 12.1 Å². The minimum absolute atomic E-state index is 0.00563. The van der Waals surface area contributed by atoms with E-state index in [1.165, 1.54) is 5.56 Å². The van der Waals surface area contributed by atoms with Crippen molar-refractivity contribution in [3.63, 3.8) is 0 Å². The van der Waals surface area contributed by atoms with Crippen LogP contribution in [0, 0.1) is 0 Å². The van der Waals surface area contributed by atoms with E-state index in [-0.39, 0.29) is 11.6 Å². The van der Waals surface area contributed by atoms with Crippen LogP contribution in [-0.4, -0.2) is 43.3 Å². The van der Waals surface area contributed by atoms with E-state index in [0.29, 0.717) is 5.82 Å². The van der Waals surface area contributed by atoms with E-state index >= 15 is 0 Å². The zero-order chi connectivity index (χ0) is 17.0. The summed E-state index contributed by atoms with van der Waals surface area (Å²) in [4.78, 5) is 6.36. The SMILES string of the molecule is CCS(=O)(=O)NC(C)c1nc(-c2ccc(CN(C)C)cc2)no1. The second kappa shape index (κ2) is 7.20. The second-order valence-electron chi connectivity index (χ2n) is 5.63. The Hall–Kier alpha value is -1.77. The molecule has 1 unspecified atom stereocenters. The molecule has 23 heavy (non-hydrogen) atoms. The molecule has 0 amide bonds. The fourth-order valence-corrected chi connectivity index (χ4v) is 2.86. The highest BCUT2D eigenvalue weighted by atomic mass is 32.2. The van der Waals surface area contributed by atoms with Gasteiger partial charge >= 0.3 is 0 Å². The Balaban J connectivity index is 2.12. The van der Waals surface area contributed by atoms with Gasteiger partial charge in [0.05, 0.1) is 11.8 Å². The molecule has 0 saturated carbocycles. The third kappa shape index (κ3) is 4.85. The fourth-order valence-electron chi connectivity index (χ4n) is 2.06. The summed E-state index contributed by atoms with van der Waals surface area (Å²) in [6.07, 6.45) is 0. The van der Waals surface area contributed by atoms with Crippen LogP contribution in [0.4, 0.5) is 0 Å². The minimum atomic E-state index is -3.32. The van der Waals surface area contributed by atoms with Crippen LogP contribution in [0.15, 0.2) is 28.8 Å². The lowest BCUT2D eigenvalue weighted by atomic mass is 10.1. The van der Waals surface area contributed by atoms with Gasteiger partial charge in [-0.1, -0.05) is 29.4 Å². The molecule has 2 rings (SSSR count). The molecule has 8 heteroatoms. The summed E-state index contributed by atoms with van der Waals surface area (Å²) in [5, 5.41) is 3.92. The number of benzene rings is 1. The van der Waals surface area contributed by atoms with E-state index in [1.54, 1.807) is 13.8 Å². The summed E-state index contributed by atoms with van der Waals surface area (Å²) in [5.41, 5.74) is 2.01. The van der Waals surface area contributed by atoms with Gasteiger partial charge in [0.2, 0.25) is 21.7 Å². The number of nitrogens with zero attached hydrogens (tertiary/aromatic N) is 3. The van der Waals surface area contributed by atoms with E-state index in [2.05, 4.69) is 19.8 Å². The quantitative estimate of drug-likeness (QED) is 0.828. The summed E-state index contributed by atoms with van der Waals surface area (Å²) in [5.74, 6) is 0.694. The molecule has 1 aromatic heterocycles. The number of rotatable bonds is 7. The first kappa shape index (κ1) is 17.6. The lowest BCUT2D eigenvalue weighted by Gasteiger charge is -2.09. The highest BCUT2D eigenvalue weighted by Gasteiger charge is 2.19. The zero-order valence-electron chi connectivity index (χ0n) is 13.8. The Morgan fingerprint density at radius 1 is 1.26 bits per heavy atom. The van der Waals surface area contributed by atoms with Crippen LogP contribution in [0.5, 0.6) is 0 Å². The molecule has 0 aliphatic heterocycles. The molecule has 0 fully saturated rings. The molecule has 0 aliphatic rings. The van der Waals surface area contributed by atoms with Crippen molar-refractivity contribution >= 4 is 10.0 Å². The number of hydrogen-bond donors (Lipinski definition) is 1. The van der Waals surface area contributed by atoms with Gasteiger partial charge in [-0.3, -0.25) is 0 Å². The molecule has 1 aromatic carbocycles. The van der Waals surface area contributed by atoms with E-state index in [1.807, 2.05) is 38.4 Å². The van der Waals surface area contributed by atoms with Crippen LogP contribution in [0.25, 0.3) is 11.4 Å². The maximum Gasteiger partial charge on any atom is 0.244 e. The molecule has 0 radical (unpaired) electrons. The number of nitrogens with one attached hydrogen (secondary N) is 1. The topological polar surface area (TPSA) is 88.3 Å². The Morgan fingerprint density at radius 2 is 1.91 bits per heavy atom. The van der Waals surface area contributed by atoms with Gasteiger partial charge in [-0.25, -0.2) is 13.1 Å². The Morgan fingerprint density at radius 3 is 2.48 bits per heavy atom. The third-order valence-electron chi connectivity index (χ3n) is 3.26. The van der Waals surface area contributed by atoms with Crippen molar-refractivity contribution in [3.05, 3.63) is 35.7 Å². The van der Waals surface area contributed by atoms with Gasteiger partial charge in [0, 0.05) is 12.1 Å². The Bertz CT molecular complexity index is 738. The highest BCUT2D eigenvalue weighted by molar-refractivity contribution is 7.89. The van der Waals surface area contributed by atoms with Crippen LogP contribution >= 0.6 is 0 Å². The van der Waals surface area contributed by atoms with Crippen molar-refractivity contribution in [2.24, 2.45) is 0 Å². The van der Waals surface area contributed by atoms with Crippen LogP contribution in [0.1, 0.15) is 31.3 Å². The highest BCUT2D eigenvalue weighted by Crippen LogP contribution is 2.20. The average Bonchev–Trinajstić information content (AvgIpc) is 2.97. The van der Waals surface area contributed by atoms with Crippen molar-refractivity contribution in [3.8, 4) is 11.4 Å². The molecule has 126 valence electrons. The molecule has 0 saturated heterocycles. The fraction of sp³-hybridized carbons (Fsp3) is 0.467. The van der Waals surface area contributed by atoms with Gasteiger partial charge in [-0.15, -0.1) is 0 Å². The van der Waals surface area contributed by atoms with Gasteiger partial charge < -0.3 is 9.42 Å². The van der Waals surface area contributed by atoms with Crippen molar-refractivity contribution in [2.75, 3.05) is 19.8 Å². The predicted molar refractivity (Wildman–Crippen MR) is 88.1 cm³/mol. The van der Waals surface area contributed by atoms with Crippen LogP contribution in [0.3, 0.4) is 0 Å². The van der Waals surface area contributed by atoms with Crippen molar-refractivity contribution < 1.29 is 12.9 Å². The van der Waals surface area contributed by atoms with E-state index in [9.17, 15) is 8.42 Å². The maximum absolute atomic E-state index is 11.6. The van der Waals surface area contributed by atoms with Gasteiger partial charge in [-0.05, 0) is 33.5 Å². The summed E-state index contributed by atoms with van der Waals surface area (Å²) in [7, 11) is 0.702. The monoisotopic (exact) mass is 338 g/mol. The van der Waals surface area contributed by atoms with Crippen LogP contribution < -0.4 is 4.72 Å². The molecule has 2 aromatic rings. The molecule has 0 aliphatic carbocycles. The minimum Gasteiger partial charge on any atom is -0.337 e. The molecule has 1 atom stereocenters. The maximum atomic E-state index is 11.6. The molecule has 0 bridgehead atoms. The summed E-state index contributed by atoms with van der Waals surface area (Å²) in [6.45, 7) is 4.10. The summed E-state index contributed by atoms with van der Waals surface area (Å²) >= 11 is 0. The average molecular weight is 338 g/mol. The number of aromatic nitrogens is 2. The second-order valence-corrected chi connectivity index (χ2v) is 7.68. The zero-order valence-corrected chi connectivity index (χ0v) is 14.6. The van der Waals surface area contributed by atoms with Crippen molar-refractivity contribution in [1.82, 2.24) is 19.8 Å². The van der Waals surface area contributed by atoms with Crippen LogP contribution in [0.2, 0.25) is 0 Å².